The van der Waals surface area contributed by atoms with Crippen LogP contribution in [0.25, 0.3) is 0 Å². The van der Waals surface area contributed by atoms with Crippen LogP contribution in [-0.4, -0.2) is 40.5 Å². The molecule has 22 heavy (non-hydrogen) atoms. The van der Waals surface area contributed by atoms with Crippen LogP contribution in [0.1, 0.15) is 44.0 Å². The topological polar surface area (TPSA) is 59.5 Å². The average Bonchev–Trinajstić information content (AvgIpc) is 2.45. The number of ketones is 1. The zero-order chi connectivity index (χ0) is 16.3. The van der Waals surface area contributed by atoms with Crippen molar-refractivity contribution in [1.82, 2.24) is 9.88 Å². The van der Waals surface area contributed by atoms with Crippen LogP contribution in [0.2, 0.25) is 0 Å². The molecule has 1 aromatic heterocycles. The summed E-state index contributed by atoms with van der Waals surface area (Å²) in [7, 11) is 0. The van der Waals surface area contributed by atoms with E-state index < -0.39 is 11.4 Å². The van der Waals surface area contributed by atoms with Gasteiger partial charge < -0.3 is 9.64 Å². The minimum absolute atomic E-state index is 0.0747. The molecule has 120 valence electrons. The molecule has 1 fully saturated rings. The average molecular weight is 308 g/mol. The highest BCUT2D eigenvalue weighted by Crippen LogP contribution is 2.24. The second-order valence-electron chi connectivity index (χ2n) is 6.46. The highest BCUT2D eigenvalue weighted by atomic mass is 19.1. The minimum atomic E-state index is -0.595. The Labute approximate surface area is 129 Å². The van der Waals surface area contributed by atoms with Crippen LogP contribution in [0.15, 0.2) is 18.5 Å². The molecule has 0 bridgehead atoms. The first-order chi connectivity index (χ1) is 10.3. The van der Waals surface area contributed by atoms with Crippen LogP contribution < -0.4 is 0 Å². The van der Waals surface area contributed by atoms with Crippen LogP contribution in [0.3, 0.4) is 0 Å². The van der Waals surface area contributed by atoms with Gasteiger partial charge in [-0.15, -0.1) is 0 Å². The van der Waals surface area contributed by atoms with E-state index in [1.165, 1.54) is 12.3 Å². The first kappa shape index (κ1) is 16.4. The van der Waals surface area contributed by atoms with Gasteiger partial charge in [-0.05, 0) is 39.7 Å². The van der Waals surface area contributed by atoms with E-state index in [-0.39, 0.29) is 23.4 Å². The van der Waals surface area contributed by atoms with Gasteiger partial charge in [0.1, 0.15) is 5.60 Å². The number of carbonyl (C=O) groups excluding carboxylic acids is 2. The molecule has 1 aromatic rings. The molecule has 0 radical (unpaired) electrons. The summed E-state index contributed by atoms with van der Waals surface area (Å²) in [6.45, 7) is 6.32. The predicted octanol–water partition coefficient (Wildman–Crippen LogP) is 3.05. The van der Waals surface area contributed by atoms with Crippen molar-refractivity contribution in [2.45, 2.75) is 39.2 Å². The van der Waals surface area contributed by atoms with Crippen molar-refractivity contribution >= 4 is 11.9 Å². The summed E-state index contributed by atoms with van der Waals surface area (Å²) in [6.07, 6.45) is 3.11. The van der Waals surface area contributed by atoms with Gasteiger partial charge in [0.2, 0.25) is 0 Å². The quantitative estimate of drug-likeness (QED) is 0.788. The number of aromatic nitrogens is 1. The van der Waals surface area contributed by atoms with E-state index in [1.807, 2.05) is 20.8 Å². The number of amides is 1. The summed E-state index contributed by atoms with van der Waals surface area (Å²) in [4.78, 5) is 29.5. The summed E-state index contributed by atoms with van der Waals surface area (Å²) in [5, 5.41) is 0. The van der Waals surface area contributed by atoms with Gasteiger partial charge in [-0.1, -0.05) is 0 Å². The van der Waals surface area contributed by atoms with Gasteiger partial charge in [0, 0.05) is 25.2 Å². The third-order valence-electron chi connectivity index (χ3n) is 3.56. The van der Waals surface area contributed by atoms with Gasteiger partial charge in [-0.2, -0.15) is 0 Å². The summed E-state index contributed by atoms with van der Waals surface area (Å²) < 4.78 is 18.9. The molecule has 1 amide bonds. The molecular formula is C16H21FN2O3. The largest absolute Gasteiger partial charge is 0.444 e. The maximum atomic E-state index is 13.6. The molecule has 2 rings (SSSR count). The Morgan fingerprint density at radius 3 is 2.50 bits per heavy atom. The first-order valence-corrected chi connectivity index (χ1v) is 7.39. The van der Waals surface area contributed by atoms with Gasteiger partial charge in [0.05, 0.1) is 11.8 Å². The third kappa shape index (κ3) is 4.02. The molecule has 0 aliphatic carbocycles. The molecule has 0 atom stereocenters. The first-order valence-electron chi connectivity index (χ1n) is 7.39. The second kappa shape index (κ2) is 6.42. The Bertz CT molecular complexity index is 561. The lowest BCUT2D eigenvalue weighted by atomic mass is 9.89. The van der Waals surface area contributed by atoms with Crippen LogP contribution in [0.4, 0.5) is 9.18 Å². The highest BCUT2D eigenvalue weighted by Gasteiger charge is 2.31. The molecule has 0 unspecified atom stereocenters. The van der Waals surface area contributed by atoms with Crippen molar-refractivity contribution in [2.24, 2.45) is 5.92 Å². The number of halogens is 1. The number of piperidine rings is 1. The van der Waals surface area contributed by atoms with Gasteiger partial charge in [-0.25, -0.2) is 9.18 Å². The SMILES string of the molecule is CC(C)(C)OC(=O)N1CCC(C(=O)c2ccncc2F)CC1. The lowest BCUT2D eigenvalue weighted by Crippen LogP contribution is -2.43. The number of carbonyl (C=O) groups is 2. The molecule has 0 spiro atoms. The number of likely N-dealkylation sites (tertiary alicyclic amines) is 1. The van der Waals surface area contributed by atoms with Gasteiger partial charge in [0.15, 0.2) is 11.6 Å². The van der Waals surface area contributed by atoms with E-state index in [1.54, 1.807) is 4.90 Å². The van der Waals surface area contributed by atoms with E-state index in [4.69, 9.17) is 4.74 Å². The smallest absolute Gasteiger partial charge is 0.410 e. The lowest BCUT2D eigenvalue weighted by Gasteiger charge is -2.32. The fraction of sp³-hybridized carbons (Fsp3) is 0.562. The lowest BCUT2D eigenvalue weighted by molar-refractivity contribution is 0.0182. The molecular weight excluding hydrogens is 287 g/mol. The fourth-order valence-electron chi connectivity index (χ4n) is 2.45. The summed E-state index contributed by atoms with van der Waals surface area (Å²) in [5.41, 5.74) is -0.463. The molecule has 0 saturated carbocycles. The van der Waals surface area contributed by atoms with E-state index in [0.717, 1.165) is 6.20 Å². The number of Topliss-reactive ketones (excluding diaryl/α,β-unsaturated/α-hetero) is 1. The molecule has 1 saturated heterocycles. The number of hydrogen-bond donors (Lipinski definition) is 0. The molecule has 1 aliphatic rings. The number of pyridine rings is 1. The van der Waals surface area contributed by atoms with Crippen molar-refractivity contribution in [3.63, 3.8) is 0 Å². The van der Waals surface area contributed by atoms with Crippen LogP contribution in [-0.2, 0) is 4.74 Å². The maximum Gasteiger partial charge on any atom is 0.410 e. The number of hydrogen-bond acceptors (Lipinski definition) is 4. The number of rotatable bonds is 2. The van der Waals surface area contributed by atoms with Crippen molar-refractivity contribution in [3.05, 3.63) is 29.8 Å². The van der Waals surface area contributed by atoms with Crippen molar-refractivity contribution < 1.29 is 18.7 Å². The molecule has 0 N–H and O–H groups in total. The van der Waals surface area contributed by atoms with Crippen molar-refractivity contribution in [3.8, 4) is 0 Å². The third-order valence-corrected chi connectivity index (χ3v) is 3.56. The molecule has 1 aliphatic heterocycles. The normalized spacial score (nSPS) is 16.5. The molecule has 5 nitrogen and oxygen atoms in total. The maximum absolute atomic E-state index is 13.6. The zero-order valence-corrected chi connectivity index (χ0v) is 13.1. The second-order valence-corrected chi connectivity index (χ2v) is 6.46. The Morgan fingerprint density at radius 1 is 1.32 bits per heavy atom. The predicted molar refractivity (Wildman–Crippen MR) is 79.1 cm³/mol. The Kier molecular flexibility index (Phi) is 4.78. The Hall–Kier alpha value is -1.98. The zero-order valence-electron chi connectivity index (χ0n) is 13.1. The van der Waals surface area contributed by atoms with E-state index in [2.05, 4.69) is 4.98 Å². The van der Waals surface area contributed by atoms with Crippen molar-refractivity contribution in [1.29, 1.82) is 0 Å². The minimum Gasteiger partial charge on any atom is -0.444 e. The van der Waals surface area contributed by atoms with E-state index >= 15 is 0 Å². The highest BCUT2D eigenvalue weighted by molar-refractivity contribution is 5.98. The Morgan fingerprint density at radius 2 is 1.95 bits per heavy atom. The standard InChI is InChI=1S/C16H21FN2O3/c1-16(2,3)22-15(21)19-8-5-11(6-9-19)14(20)12-4-7-18-10-13(12)17/h4,7,10-11H,5-6,8-9H2,1-3H3. The molecule has 6 heteroatoms. The number of ether oxygens (including phenoxy) is 1. The monoisotopic (exact) mass is 308 g/mol. The summed E-state index contributed by atoms with van der Waals surface area (Å²) in [6, 6.07) is 1.40. The van der Waals surface area contributed by atoms with Crippen LogP contribution in [0, 0.1) is 11.7 Å². The summed E-state index contributed by atoms with van der Waals surface area (Å²) in [5.74, 6) is -1.08. The van der Waals surface area contributed by atoms with E-state index in [0.29, 0.717) is 25.9 Å². The van der Waals surface area contributed by atoms with Crippen molar-refractivity contribution in [2.75, 3.05) is 13.1 Å². The fourth-order valence-corrected chi connectivity index (χ4v) is 2.45. The number of nitrogens with zero attached hydrogens (tertiary/aromatic N) is 2. The van der Waals surface area contributed by atoms with Crippen LogP contribution >= 0.6 is 0 Å². The van der Waals surface area contributed by atoms with E-state index in [9.17, 15) is 14.0 Å². The van der Waals surface area contributed by atoms with Gasteiger partial charge in [0.25, 0.3) is 0 Å². The molecule has 2 heterocycles. The van der Waals surface area contributed by atoms with Gasteiger partial charge in [-0.3, -0.25) is 9.78 Å². The van der Waals surface area contributed by atoms with Gasteiger partial charge >= 0.3 is 6.09 Å². The van der Waals surface area contributed by atoms with Crippen LogP contribution in [0.5, 0.6) is 0 Å². The molecule has 0 aromatic carbocycles. The Balaban J connectivity index is 1.94. The summed E-state index contributed by atoms with van der Waals surface area (Å²) >= 11 is 0.